The molecule has 13 heteroatoms. The molecule has 0 aromatic carbocycles. The molecule has 0 bridgehead atoms. The zero-order chi connectivity index (χ0) is 32.6. The standard InChI is InChI=1S/C32H40FN7O5/c1-18(2)22-23-20(11-34-27(24(23)33)37-13-32(14-37)15-38(16-32)28(41)44-30(3,4)5)40(29(42)45-31(6,7)8)25(22)19-10-21(43-9)26-35-17-36-39(26)12-19/h10-12,17-18H,13-16H2,1-9H3. The van der Waals surface area contributed by atoms with Crippen LogP contribution in [-0.2, 0) is 9.47 Å². The summed E-state index contributed by atoms with van der Waals surface area (Å²) < 4.78 is 36.7. The Morgan fingerprint density at radius 3 is 2.22 bits per heavy atom. The molecular weight excluding hydrogens is 581 g/mol. The number of ether oxygens (including phenoxy) is 3. The third-order valence-electron chi connectivity index (χ3n) is 8.01. The lowest BCUT2D eigenvalue weighted by Crippen LogP contribution is -2.73. The highest BCUT2D eigenvalue weighted by Crippen LogP contribution is 2.46. The number of likely N-dealkylation sites (tertiary alicyclic amines) is 1. The van der Waals surface area contributed by atoms with Crippen LogP contribution in [0.5, 0.6) is 5.75 Å². The van der Waals surface area contributed by atoms with Gasteiger partial charge in [-0.25, -0.2) is 33.0 Å². The van der Waals surface area contributed by atoms with Gasteiger partial charge in [0.1, 0.15) is 17.5 Å². The lowest BCUT2D eigenvalue weighted by Gasteiger charge is -2.60. The van der Waals surface area contributed by atoms with Crippen LogP contribution < -0.4 is 9.64 Å². The number of carbonyl (C=O) groups is 2. The molecular formula is C32H40FN7O5. The molecule has 0 N–H and O–H groups in total. The van der Waals surface area contributed by atoms with Crippen molar-refractivity contribution in [3.8, 4) is 17.0 Å². The summed E-state index contributed by atoms with van der Waals surface area (Å²) in [7, 11) is 1.53. The Morgan fingerprint density at radius 2 is 1.62 bits per heavy atom. The van der Waals surface area contributed by atoms with E-state index in [0.29, 0.717) is 65.3 Å². The average Bonchev–Trinajstić information content (AvgIpc) is 3.48. The number of amides is 1. The smallest absolute Gasteiger partial charge is 0.419 e. The third kappa shape index (κ3) is 5.31. The first-order valence-electron chi connectivity index (χ1n) is 15.1. The largest absolute Gasteiger partial charge is 0.493 e. The SMILES string of the molecule is COc1cc(-c2c(C(C)C)c3c(F)c(N4CC5(CN(C(=O)OC(C)(C)C)C5)C4)ncc3n2C(=O)OC(C)(C)C)cn2ncnc12. The minimum atomic E-state index is -0.801. The van der Waals surface area contributed by atoms with Gasteiger partial charge in [-0.3, -0.25) is 0 Å². The number of fused-ring (bicyclic) bond motifs is 2. The van der Waals surface area contributed by atoms with Gasteiger partial charge in [-0.2, -0.15) is 5.10 Å². The highest BCUT2D eigenvalue weighted by Gasteiger charge is 2.55. The fraction of sp³-hybridized carbons (Fsp3) is 0.531. The fourth-order valence-corrected chi connectivity index (χ4v) is 6.32. The van der Waals surface area contributed by atoms with Crippen LogP contribution in [0, 0.1) is 11.2 Å². The van der Waals surface area contributed by atoms with E-state index in [-0.39, 0.29) is 23.2 Å². The van der Waals surface area contributed by atoms with Crippen molar-refractivity contribution in [1.82, 2.24) is 29.0 Å². The molecule has 240 valence electrons. The van der Waals surface area contributed by atoms with Gasteiger partial charge in [-0.05, 0) is 59.1 Å². The summed E-state index contributed by atoms with van der Waals surface area (Å²) in [6, 6.07) is 1.77. The summed E-state index contributed by atoms with van der Waals surface area (Å²) in [5.74, 6) is -0.0356. The highest BCUT2D eigenvalue weighted by molar-refractivity contribution is 6.01. The average molecular weight is 622 g/mol. The van der Waals surface area contributed by atoms with Crippen LogP contribution in [0.2, 0.25) is 0 Å². The Kier molecular flexibility index (Phi) is 7.01. The van der Waals surface area contributed by atoms with E-state index in [1.807, 2.05) is 39.5 Å². The van der Waals surface area contributed by atoms with Gasteiger partial charge in [-0.15, -0.1) is 0 Å². The summed E-state index contributed by atoms with van der Waals surface area (Å²) in [5, 5.41) is 4.59. The molecule has 0 saturated carbocycles. The minimum Gasteiger partial charge on any atom is -0.493 e. The van der Waals surface area contributed by atoms with Gasteiger partial charge in [0.05, 0.1) is 24.5 Å². The maximum atomic E-state index is 16.8. The normalized spacial score (nSPS) is 16.3. The molecule has 0 radical (unpaired) electrons. The second kappa shape index (κ2) is 10.3. The molecule has 12 nitrogen and oxygen atoms in total. The van der Waals surface area contributed by atoms with Gasteiger partial charge >= 0.3 is 12.2 Å². The van der Waals surface area contributed by atoms with E-state index >= 15 is 4.39 Å². The molecule has 6 heterocycles. The quantitative estimate of drug-likeness (QED) is 0.276. The predicted octanol–water partition coefficient (Wildman–Crippen LogP) is 5.86. The number of hydrogen-bond donors (Lipinski definition) is 0. The summed E-state index contributed by atoms with van der Waals surface area (Å²) in [6.45, 7) is 17.0. The predicted molar refractivity (Wildman–Crippen MR) is 166 cm³/mol. The van der Waals surface area contributed by atoms with Crippen molar-refractivity contribution in [2.75, 3.05) is 38.2 Å². The van der Waals surface area contributed by atoms with Crippen LogP contribution in [0.1, 0.15) is 66.9 Å². The molecule has 2 fully saturated rings. The van der Waals surface area contributed by atoms with Crippen molar-refractivity contribution in [3.63, 3.8) is 0 Å². The Labute approximate surface area is 261 Å². The fourth-order valence-electron chi connectivity index (χ4n) is 6.32. The van der Waals surface area contributed by atoms with Gasteiger partial charge in [0.2, 0.25) is 0 Å². The van der Waals surface area contributed by atoms with E-state index in [9.17, 15) is 9.59 Å². The van der Waals surface area contributed by atoms with Crippen LogP contribution in [0.15, 0.2) is 24.8 Å². The van der Waals surface area contributed by atoms with E-state index in [1.54, 1.807) is 42.4 Å². The molecule has 2 saturated heterocycles. The Balaban J connectivity index is 1.43. The molecule has 1 spiro atoms. The summed E-state index contributed by atoms with van der Waals surface area (Å²) >= 11 is 0. The van der Waals surface area contributed by atoms with Crippen LogP contribution >= 0.6 is 0 Å². The maximum absolute atomic E-state index is 16.8. The molecule has 0 unspecified atom stereocenters. The van der Waals surface area contributed by atoms with Crippen LogP contribution in [0.25, 0.3) is 27.8 Å². The lowest BCUT2D eigenvalue weighted by molar-refractivity contribution is -0.0456. The van der Waals surface area contributed by atoms with Crippen molar-refractivity contribution in [2.24, 2.45) is 5.41 Å². The van der Waals surface area contributed by atoms with Crippen molar-refractivity contribution in [1.29, 1.82) is 0 Å². The second-order valence-electron chi connectivity index (χ2n) is 14.4. The molecule has 1 amide bonds. The number of halogens is 1. The van der Waals surface area contributed by atoms with Gasteiger partial charge in [0.25, 0.3) is 0 Å². The van der Waals surface area contributed by atoms with E-state index in [4.69, 9.17) is 14.2 Å². The van der Waals surface area contributed by atoms with E-state index in [2.05, 4.69) is 15.1 Å². The van der Waals surface area contributed by atoms with Crippen LogP contribution in [0.4, 0.5) is 19.8 Å². The zero-order valence-electron chi connectivity index (χ0n) is 27.3. The number of pyridine rings is 2. The van der Waals surface area contributed by atoms with Crippen LogP contribution in [0.3, 0.4) is 0 Å². The Morgan fingerprint density at radius 1 is 0.978 bits per heavy atom. The Bertz CT molecular complexity index is 1820. The summed E-state index contributed by atoms with van der Waals surface area (Å²) in [5.41, 5.74) is 0.998. The Hall–Kier alpha value is -4.42. The topological polar surface area (TPSA) is 116 Å². The molecule has 4 aromatic rings. The zero-order valence-corrected chi connectivity index (χ0v) is 27.3. The minimum absolute atomic E-state index is 0.127. The third-order valence-corrected chi connectivity index (χ3v) is 8.01. The van der Waals surface area contributed by atoms with Crippen LogP contribution in [-0.4, -0.2) is 85.7 Å². The number of hydrogen-bond acceptors (Lipinski definition) is 9. The first-order valence-corrected chi connectivity index (χ1v) is 15.1. The number of rotatable bonds is 4. The molecule has 4 aromatic heterocycles. The highest BCUT2D eigenvalue weighted by atomic mass is 19.1. The maximum Gasteiger partial charge on any atom is 0.419 e. The first-order chi connectivity index (χ1) is 21.0. The molecule has 0 aliphatic carbocycles. The van der Waals surface area contributed by atoms with Crippen molar-refractivity contribution in [3.05, 3.63) is 36.2 Å². The first kappa shape index (κ1) is 30.6. The van der Waals surface area contributed by atoms with Crippen molar-refractivity contribution in [2.45, 2.75) is 72.5 Å². The van der Waals surface area contributed by atoms with E-state index in [0.717, 1.165) is 0 Å². The molecule has 6 rings (SSSR count). The van der Waals surface area contributed by atoms with Gasteiger partial charge < -0.3 is 24.0 Å². The number of carbonyl (C=O) groups excluding carboxylic acids is 2. The summed E-state index contributed by atoms with van der Waals surface area (Å²) in [6.07, 6.45) is 3.71. The van der Waals surface area contributed by atoms with E-state index in [1.165, 1.54) is 24.2 Å². The monoisotopic (exact) mass is 621 g/mol. The van der Waals surface area contributed by atoms with Crippen molar-refractivity contribution < 1.29 is 28.2 Å². The number of methoxy groups -OCH3 is 1. The number of anilines is 1. The second-order valence-corrected chi connectivity index (χ2v) is 14.4. The van der Waals surface area contributed by atoms with Gasteiger partial charge in [0.15, 0.2) is 23.0 Å². The van der Waals surface area contributed by atoms with Gasteiger partial charge in [-0.1, -0.05) is 13.8 Å². The van der Waals surface area contributed by atoms with Gasteiger partial charge in [0, 0.05) is 48.7 Å². The molecule has 45 heavy (non-hydrogen) atoms. The molecule has 0 atom stereocenters. The molecule has 2 aliphatic rings. The van der Waals surface area contributed by atoms with Crippen molar-refractivity contribution >= 4 is 34.6 Å². The lowest BCUT2D eigenvalue weighted by atomic mass is 9.73. The number of aromatic nitrogens is 5. The molecule has 2 aliphatic heterocycles. The number of nitrogens with zero attached hydrogens (tertiary/aromatic N) is 7. The summed E-state index contributed by atoms with van der Waals surface area (Å²) in [4.78, 5) is 38.7. The van der Waals surface area contributed by atoms with E-state index < -0.39 is 23.1 Å².